The molecule has 3 N–H and O–H groups in total. The van der Waals surface area contributed by atoms with Crippen LogP contribution in [-0.2, 0) is 14.8 Å². The van der Waals surface area contributed by atoms with E-state index >= 15 is 0 Å². The van der Waals surface area contributed by atoms with Gasteiger partial charge in [-0.05, 0) is 61.6 Å². The number of nitrogens with one attached hydrogen (secondary N) is 2. The Bertz CT molecular complexity index is 1070. The van der Waals surface area contributed by atoms with E-state index in [1.54, 1.807) is 6.92 Å². The van der Waals surface area contributed by atoms with Crippen molar-refractivity contribution in [2.75, 3.05) is 16.6 Å². The van der Waals surface area contributed by atoms with Gasteiger partial charge < -0.3 is 15.2 Å². The highest BCUT2D eigenvalue weighted by atomic mass is 32.2. The lowest BCUT2D eigenvalue weighted by atomic mass is 10.0. The van der Waals surface area contributed by atoms with Gasteiger partial charge in [0, 0.05) is 18.7 Å². The first kappa shape index (κ1) is 23.0. The number of carbonyl (C=O) groups is 1. The molecule has 2 aromatic rings. The number of aliphatic hydroxyl groups is 1. The minimum atomic E-state index is -4.02. The van der Waals surface area contributed by atoms with E-state index in [1.807, 2.05) is 0 Å². The molecule has 0 heterocycles. The molecular weight excluding hydrogens is 430 g/mol. The summed E-state index contributed by atoms with van der Waals surface area (Å²) in [6.45, 7) is 1.92. The highest BCUT2D eigenvalue weighted by molar-refractivity contribution is 7.92. The summed E-state index contributed by atoms with van der Waals surface area (Å²) in [7, 11) is -4.02. The first-order valence-electron chi connectivity index (χ1n) is 9.70. The lowest BCUT2D eigenvalue weighted by Gasteiger charge is -2.16. The van der Waals surface area contributed by atoms with Crippen molar-refractivity contribution in [2.24, 2.45) is 11.8 Å². The van der Waals surface area contributed by atoms with E-state index in [0.717, 1.165) is 18.9 Å². The molecule has 0 bridgehead atoms. The Morgan fingerprint density at radius 3 is 2.52 bits per heavy atom. The Kier molecular flexibility index (Phi) is 6.51. The number of amides is 1. The molecular formula is C21H24F2N2O5S. The molecule has 1 atom stereocenters. The lowest BCUT2D eigenvalue weighted by molar-refractivity contribution is -0.158. The number of anilines is 2. The zero-order chi connectivity index (χ0) is 22.8. The second kappa shape index (κ2) is 8.80. The number of carbonyl (C=O) groups excluding carboxylic acids is 1. The number of hydrogen-bond acceptors (Lipinski definition) is 5. The van der Waals surface area contributed by atoms with Crippen molar-refractivity contribution >= 4 is 27.3 Å². The van der Waals surface area contributed by atoms with Gasteiger partial charge in [0.15, 0.2) is 0 Å². The molecule has 0 unspecified atom stereocenters. The molecule has 0 radical (unpaired) electrons. The van der Waals surface area contributed by atoms with Crippen LogP contribution in [0.2, 0.25) is 0 Å². The molecule has 1 amide bonds. The molecule has 2 aromatic carbocycles. The smallest absolute Gasteiger partial charge is 0.394 e. The quantitative estimate of drug-likeness (QED) is 0.535. The monoisotopic (exact) mass is 454 g/mol. The SMILES string of the molecule is Cc1cc(NC(=O)[C@@H](CO)C2CC2)ccc1S(=O)(=O)Nc1cccc(OC(C)(F)F)c1. The molecule has 1 aliphatic carbocycles. The maximum atomic E-state index is 13.0. The molecule has 0 spiro atoms. The topological polar surface area (TPSA) is 105 Å². The summed E-state index contributed by atoms with van der Waals surface area (Å²) in [4.78, 5) is 12.3. The average Bonchev–Trinajstić information content (AvgIpc) is 3.45. The van der Waals surface area contributed by atoms with Crippen molar-refractivity contribution in [3.63, 3.8) is 0 Å². The summed E-state index contributed by atoms with van der Waals surface area (Å²) in [5.74, 6) is -0.781. The molecule has 3 rings (SSSR count). The Morgan fingerprint density at radius 2 is 1.94 bits per heavy atom. The van der Waals surface area contributed by atoms with Gasteiger partial charge in [0.1, 0.15) is 5.75 Å². The predicted molar refractivity (Wildman–Crippen MR) is 112 cm³/mol. The largest absolute Gasteiger partial charge is 0.433 e. The number of aryl methyl sites for hydroxylation is 1. The number of rotatable bonds is 9. The number of hydrogen-bond donors (Lipinski definition) is 3. The molecule has 0 aromatic heterocycles. The van der Waals surface area contributed by atoms with Gasteiger partial charge in [-0.25, -0.2) is 8.42 Å². The van der Waals surface area contributed by atoms with Crippen LogP contribution in [0.1, 0.15) is 25.3 Å². The number of ether oxygens (including phenoxy) is 1. The fraction of sp³-hybridized carbons (Fsp3) is 0.381. The number of alkyl halides is 2. The standard InChI is InChI=1S/C21H24F2N2O5S/c1-13-10-15(24-20(27)18(12-26)14-6-7-14)8-9-19(13)31(28,29)25-16-4-3-5-17(11-16)30-21(2,22)23/h3-5,8-11,14,18,25-26H,6-7,12H2,1-2H3,(H,24,27)/t18-/m0/s1. The summed E-state index contributed by atoms with van der Waals surface area (Å²) in [6.07, 6.45) is -1.59. The Labute approximate surface area is 179 Å². The molecule has 10 heteroatoms. The van der Waals surface area contributed by atoms with E-state index in [1.165, 1.54) is 36.4 Å². The summed E-state index contributed by atoms with van der Waals surface area (Å²) in [5.41, 5.74) is 0.861. The fourth-order valence-electron chi connectivity index (χ4n) is 3.25. The van der Waals surface area contributed by atoms with Crippen LogP contribution >= 0.6 is 0 Å². The second-order valence-electron chi connectivity index (χ2n) is 7.64. The maximum Gasteiger partial charge on any atom is 0.394 e. The van der Waals surface area contributed by atoms with Gasteiger partial charge >= 0.3 is 6.11 Å². The Hall–Kier alpha value is -2.72. The summed E-state index contributed by atoms with van der Waals surface area (Å²) in [5, 5.41) is 12.1. The number of sulfonamides is 1. The molecule has 7 nitrogen and oxygen atoms in total. The molecule has 0 saturated heterocycles. The zero-order valence-corrected chi connectivity index (χ0v) is 17.9. The van der Waals surface area contributed by atoms with Crippen molar-refractivity contribution in [1.29, 1.82) is 0 Å². The third-order valence-electron chi connectivity index (χ3n) is 4.84. The van der Waals surface area contributed by atoms with Gasteiger partial charge in [0.2, 0.25) is 5.91 Å². The van der Waals surface area contributed by atoms with Crippen LogP contribution in [-0.4, -0.2) is 32.1 Å². The van der Waals surface area contributed by atoms with Crippen molar-refractivity contribution < 1.29 is 31.8 Å². The molecule has 31 heavy (non-hydrogen) atoms. The highest BCUT2D eigenvalue weighted by Gasteiger charge is 2.35. The van der Waals surface area contributed by atoms with Crippen LogP contribution < -0.4 is 14.8 Å². The normalized spacial score (nSPS) is 15.3. The zero-order valence-electron chi connectivity index (χ0n) is 17.1. The number of aliphatic hydroxyl groups excluding tert-OH is 1. The second-order valence-corrected chi connectivity index (χ2v) is 9.29. The fourth-order valence-corrected chi connectivity index (χ4v) is 4.53. The first-order chi connectivity index (χ1) is 14.5. The number of benzene rings is 2. The summed E-state index contributed by atoms with van der Waals surface area (Å²) < 4.78 is 58.4. The molecule has 0 aliphatic heterocycles. The maximum absolute atomic E-state index is 13.0. The van der Waals surface area contributed by atoms with Crippen molar-refractivity contribution in [3.8, 4) is 5.75 Å². The average molecular weight is 454 g/mol. The van der Waals surface area contributed by atoms with Crippen LogP contribution in [0.5, 0.6) is 5.75 Å². The lowest BCUT2D eigenvalue weighted by Crippen LogP contribution is -2.27. The van der Waals surface area contributed by atoms with Gasteiger partial charge in [-0.1, -0.05) is 6.07 Å². The third kappa shape index (κ3) is 6.14. The van der Waals surface area contributed by atoms with Crippen LogP contribution in [0.3, 0.4) is 0 Å². The van der Waals surface area contributed by atoms with E-state index in [2.05, 4.69) is 14.8 Å². The van der Waals surface area contributed by atoms with Crippen LogP contribution in [0.4, 0.5) is 20.2 Å². The van der Waals surface area contributed by atoms with E-state index < -0.39 is 22.0 Å². The van der Waals surface area contributed by atoms with Crippen molar-refractivity contribution in [1.82, 2.24) is 0 Å². The van der Waals surface area contributed by atoms with Gasteiger partial charge in [-0.15, -0.1) is 0 Å². The Balaban J connectivity index is 1.74. The molecule has 1 saturated carbocycles. The summed E-state index contributed by atoms with van der Waals surface area (Å²) in [6, 6.07) is 9.57. The first-order valence-corrected chi connectivity index (χ1v) is 11.2. The van der Waals surface area contributed by atoms with E-state index in [0.29, 0.717) is 18.2 Å². The van der Waals surface area contributed by atoms with Gasteiger partial charge in [0.05, 0.1) is 23.1 Å². The van der Waals surface area contributed by atoms with Crippen molar-refractivity contribution in [3.05, 3.63) is 48.0 Å². The third-order valence-corrected chi connectivity index (χ3v) is 6.38. The minimum Gasteiger partial charge on any atom is -0.433 e. The molecule has 1 aliphatic rings. The predicted octanol–water partition coefficient (Wildman–Crippen LogP) is 3.74. The van der Waals surface area contributed by atoms with Crippen LogP contribution in [0, 0.1) is 18.8 Å². The van der Waals surface area contributed by atoms with Gasteiger partial charge in [0.25, 0.3) is 10.0 Å². The van der Waals surface area contributed by atoms with E-state index in [4.69, 9.17) is 0 Å². The summed E-state index contributed by atoms with van der Waals surface area (Å²) >= 11 is 0. The van der Waals surface area contributed by atoms with Crippen LogP contribution in [0.25, 0.3) is 0 Å². The molecule has 1 fully saturated rings. The van der Waals surface area contributed by atoms with E-state index in [-0.39, 0.29) is 34.8 Å². The van der Waals surface area contributed by atoms with Crippen molar-refractivity contribution in [2.45, 2.75) is 37.7 Å². The van der Waals surface area contributed by atoms with Crippen LogP contribution in [0.15, 0.2) is 47.4 Å². The minimum absolute atomic E-state index is 0.0291. The van der Waals surface area contributed by atoms with Gasteiger partial charge in [-0.2, -0.15) is 8.78 Å². The Morgan fingerprint density at radius 1 is 1.23 bits per heavy atom. The number of halogens is 2. The highest BCUT2D eigenvalue weighted by Crippen LogP contribution is 2.37. The molecule has 168 valence electrons. The van der Waals surface area contributed by atoms with Gasteiger partial charge in [-0.3, -0.25) is 9.52 Å². The van der Waals surface area contributed by atoms with E-state index in [9.17, 15) is 27.1 Å².